The number of likely N-dealkylation sites (tertiary alicyclic amines) is 1. The van der Waals surface area contributed by atoms with E-state index in [2.05, 4.69) is 18.0 Å². The molecule has 114 valence electrons. The molecule has 4 nitrogen and oxygen atoms in total. The highest BCUT2D eigenvalue weighted by molar-refractivity contribution is 5.67. The van der Waals surface area contributed by atoms with Gasteiger partial charge >= 0.3 is 0 Å². The number of rotatable bonds is 1. The number of benzene rings is 1. The van der Waals surface area contributed by atoms with E-state index >= 15 is 0 Å². The summed E-state index contributed by atoms with van der Waals surface area (Å²) >= 11 is 0. The summed E-state index contributed by atoms with van der Waals surface area (Å²) in [6.45, 7) is 1.01. The molecule has 1 spiro atoms. The number of phenolic OH excluding ortho intramolecular Hbond substituents is 1. The molecule has 1 saturated heterocycles. The first-order chi connectivity index (χ1) is 10.7. The van der Waals surface area contributed by atoms with Gasteiger partial charge in [-0.1, -0.05) is 18.2 Å². The summed E-state index contributed by atoms with van der Waals surface area (Å²) in [5, 5.41) is 20.0. The highest BCUT2D eigenvalue weighted by atomic mass is 16.5. The van der Waals surface area contributed by atoms with Crippen LogP contribution in [0.15, 0.2) is 35.4 Å². The van der Waals surface area contributed by atoms with Gasteiger partial charge in [-0.25, -0.2) is 0 Å². The molecule has 0 amide bonds. The summed E-state index contributed by atoms with van der Waals surface area (Å²) in [7, 11) is 2.18. The maximum atomic E-state index is 10.3. The number of hydrogen-bond donors (Lipinski definition) is 2. The molecule has 2 heterocycles. The van der Waals surface area contributed by atoms with Crippen LogP contribution >= 0.6 is 0 Å². The van der Waals surface area contributed by atoms with Crippen LogP contribution in [0.2, 0.25) is 0 Å². The lowest BCUT2D eigenvalue weighted by atomic mass is 9.56. The third kappa shape index (κ3) is 1.23. The predicted octanol–water partition coefficient (Wildman–Crippen LogP) is 1.51. The second-order valence-corrected chi connectivity index (χ2v) is 6.89. The van der Waals surface area contributed by atoms with E-state index in [1.54, 1.807) is 6.07 Å². The lowest BCUT2D eigenvalue weighted by molar-refractivity contribution is 0.104. The quantitative estimate of drug-likeness (QED) is 0.825. The van der Waals surface area contributed by atoms with Crippen LogP contribution in [-0.4, -0.2) is 47.5 Å². The monoisotopic (exact) mass is 297 g/mol. The molecular formula is C18H19NO3. The first-order valence-electron chi connectivity index (χ1n) is 7.91. The molecular weight excluding hydrogens is 278 g/mol. The summed E-state index contributed by atoms with van der Waals surface area (Å²) in [6.07, 6.45) is 5.96. The Morgan fingerprint density at radius 1 is 1.36 bits per heavy atom. The average Bonchev–Trinajstić information content (AvgIpc) is 2.88. The van der Waals surface area contributed by atoms with Gasteiger partial charge in [0.1, 0.15) is 6.10 Å². The van der Waals surface area contributed by atoms with E-state index < -0.39 is 0 Å². The Balaban J connectivity index is 1.86. The van der Waals surface area contributed by atoms with Crippen molar-refractivity contribution in [3.63, 3.8) is 0 Å². The highest BCUT2D eigenvalue weighted by Crippen LogP contribution is 2.62. The van der Waals surface area contributed by atoms with Gasteiger partial charge in [0.05, 0.1) is 12.0 Å². The van der Waals surface area contributed by atoms with E-state index in [9.17, 15) is 10.2 Å². The predicted molar refractivity (Wildman–Crippen MR) is 82.2 cm³/mol. The molecule has 1 fully saturated rings. The minimum atomic E-state index is -0.189. The van der Waals surface area contributed by atoms with Crippen LogP contribution in [0.25, 0.3) is 0 Å². The van der Waals surface area contributed by atoms with Crippen molar-refractivity contribution in [2.45, 2.75) is 30.4 Å². The molecule has 0 radical (unpaired) electrons. The molecule has 2 aliphatic heterocycles. The maximum absolute atomic E-state index is 10.3. The van der Waals surface area contributed by atoms with E-state index in [4.69, 9.17) is 4.74 Å². The van der Waals surface area contributed by atoms with Crippen LogP contribution in [0.1, 0.15) is 17.5 Å². The normalized spacial score (nSPS) is 34.6. The second-order valence-electron chi connectivity index (χ2n) is 6.89. The van der Waals surface area contributed by atoms with Crippen LogP contribution in [-0.2, 0) is 11.8 Å². The van der Waals surface area contributed by atoms with E-state index in [1.807, 2.05) is 12.1 Å². The Kier molecular flexibility index (Phi) is 2.28. The van der Waals surface area contributed by atoms with Gasteiger partial charge in [-0.05, 0) is 49.2 Å². The summed E-state index contributed by atoms with van der Waals surface area (Å²) in [5.41, 5.74) is 4.57. The second kappa shape index (κ2) is 3.94. The van der Waals surface area contributed by atoms with Gasteiger partial charge in [-0.3, -0.25) is 4.90 Å². The standard InChI is InChI=1S/C18H19NO3/c1-19-7-6-18-12-4-2-11(9-20)17(18)22-16-14(21)5-3-10(15(16)18)8-13(12)19/h2-5,13,17,20-21H,6-9H2,1H3/t13-,17?,18+/m1/s1. The fraction of sp³-hybridized carbons (Fsp3) is 0.444. The number of likely N-dealkylation sites (N-methyl/N-ethyl adjacent to an activating group) is 1. The summed E-state index contributed by atoms with van der Waals surface area (Å²) in [5.74, 6) is 0.856. The number of hydrogen-bond acceptors (Lipinski definition) is 4. The third-order valence-corrected chi connectivity index (χ3v) is 6.03. The Morgan fingerprint density at radius 3 is 3.05 bits per heavy atom. The molecule has 1 aromatic carbocycles. The Bertz CT molecular complexity index is 751. The number of aromatic hydroxyl groups is 1. The molecule has 1 aromatic rings. The fourth-order valence-electron chi connectivity index (χ4n) is 5.03. The van der Waals surface area contributed by atoms with E-state index in [-0.39, 0.29) is 23.9 Å². The first-order valence-corrected chi connectivity index (χ1v) is 7.91. The number of ether oxygens (including phenoxy) is 1. The number of aliphatic hydroxyl groups excluding tert-OH is 1. The van der Waals surface area contributed by atoms with Crippen molar-refractivity contribution in [2.75, 3.05) is 20.2 Å². The first kappa shape index (κ1) is 12.7. The summed E-state index contributed by atoms with van der Waals surface area (Å²) < 4.78 is 6.21. The van der Waals surface area contributed by atoms with Crippen molar-refractivity contribution < 1.29 is 14.9 Å². The molecule has 2 N–H and O–H groups in total. The topological polar surface area (TPSA) is 52.9 Å². The number of piperidine rings is 1. The zero-order chi connectivity index (χ0) is 15.1. The maximum Gasteiger partial charge on any atom is 0.166 e. The van der Waals surface area contributed by atoms with Gasteiger partial charge in [0.25, 0.3) is 0 Å². The lowest BCUT2D eigenvalue weighted by Crippen LogP contribution is -2.58. The molecule has 4 aliphatic rings. The van der Waals surface area contributed by atoms with Crippen LogP contribution in [0.4, 0.5) is 0 Å². The molecule has 0 saturated carbocycles. The number of nitrogens with zero attached hydrogens (tertiary/aromatic N) is 1. The Hall–Kier alpha value is -1.78. The van der Waals surface area contributed by atoms with Crippen molar-refractivity contribution >= 4 is 0 Å². The van der Waals surface area contributed by atoms with E-state index in [0.717, 1.165) is 25.0 Å². The molecule has 4 heteroatoms. The summed E-state index contributed by atoms with van der Waals surface area (Å²) in [4.78, 5) is 2.42. The van der Waals surface area contributed by atoms with E-state index in [1.165, 1.54) is 16.7 Å². The molecule has 1 unspecified atom stereocenters. The van der Waals surface area contributed by atoms with Gasteiger partial charge < -0.3 is 14.9 Å². The van der Waals surface area contributed by atoms with Crippen LogP contribution in [0, 0.1) is 0 Å². The zero-order valence-corrected chi connectivity index (χ0v) is 12.5. The van der Waals surface area contributed by atoms with Crippen LogP contribution < -0.4 is 4.74 Å². The molecule has 2 aliphatic carbocycles. The summed E-state index contributed by atoms with van der Waals surface area (Å²) in [6, 6.07) is 4.18. The smallest absolute Gasteiger partial charge is 0.166 e. The van der Waals surface area contributed by atoms with Gasteiger partial charge in [-0.15, -0.1) is 0 Å². The SMILES string of the molecule is CN1CC[C@@]23C4=CC=C(CO)C2Oc2c(O)ccc(c23)C[C@H]41. The van der Waals surface area contributed by atoms with Crippen molar-refractivity contribution in [1.29, 1.82) is 0 Å². The largest absolute Gasteiger partial charge is 0.504 e. The van der Waals surface area contributed by atoms with Crippen LogP contribution in [0.3, 0.4) is 0 Å². The zero-order valence-electron chi connectivity index (χ0n) is 12.5. The number of aliphatic hydroxyl groups is 1. The van der Waals surface area contributed by atoms with Gasteiger partial charge in [0.15, 0.2) is 11.5 Å². The van der Waals surface area contributed by atoms with Crippen LogP contribution in [0.5, 0.6) is 11.5 Å². The van der Waals surface area contributed by atoms with Crippen molar-refractivity contribution in [3.05, 3.63) is 46.6 Å². The van der Waals surface area contributed by atoms with Crippen molar-refractivity contribution in [3.8, 4) is 11.5 Å². The Labute approximate surface area is 129 Å². The molecule has 3 atom stereocenters. The molecule has 0 aromatic heterocycles. The van der Waals surface area contributed by atoms with Gasteiger partial charge in [0.2, 0.25) is 0 Å². The molecule has 5 rings (SSSR count). The lowest BCUT2D eigenvalue weighted by Gasteiger charge is -2.53. The van der Waals surface area contributed by atoms with Gasteiger partial charge in [0, 0.05) is 11.6 Å². The van der Waals surface area contributed by atoms with Gasteiger partial charge in [-0.2, -0.15) is 0 Å². The highest BCUT2D eigenvalue weighted by Gasteiger charge is 2.61. The van der Waals surface area contributed by atoms with Crippen molar-refractivity contribution in [2.24, 2.45) is 0 Å². The average molecular weight is 297 g/mol. The number of phenols is 1. The van der Waals surface area contributed by atoms with E-state index in [0.29, 0.717) is 11.8 Å². The Morgan fingerprint density at radius 2 is 2.23 bits per heavy atom. The van der Waals surface area contributed by atoms with Crippen molar-refractivity contribution in [1.82, 2.24) is 4.90 Å². The minimum absolute atomic E-state index is 0.000780. The third-order valence-electron chi connectivity index (χ3n) is 6.03. The molecule has 2 bridgehead atoms. The fourth-order valence-corrected chi connectivity index (χ4v) is 5.03. The molecule has 22 heavy (non-hydrogen) atoms. The minimum Gasteiger partial charge on any atom is -0.504 e. The number of allylic oxidation sites excluding steroid dienone is 2.